The summed E-state index contributed by atoms with van der Waals surface area (Å²) in [5, 5.41) is 3.08. The highest BCUT2D eigenvalue weighted by molar-refractivity contribution is 7.89. The van der Waals surface area contributed by atoms with Crippen molar-refractivity contribution in [3.8, 4) is 0 Å². The molecule has 0 aromatic heterocycles. The van der Waals surface area contributed by atoms with E-state index in [0.29, 0.717) is 26.1 Å². The molecule has 0 saturated heterocycles. The van der Waals surface area contributed by atoms with Crippen molar-refractivity contribution in [2.45, 2.75) is 6.42 Å². The van der Waals surface area contributed by atoms with Crippen molar-refractivity contribution in [2.24, 2.45) is 0 Å². The number of nitrogens with one attached hydrogen (secondary N) is 2. The highest BCUT2D eigenvalue weighted by atomic mass is 35.5. The quantitative estimate of drug-likeness (QED) is 0.626. The molecule has 0 radical (unpaired) electrons. The van der Waals surface area contributed by atoms with Crippen LogP contribution < -0.4 is 10.0 Å². The van der Waals surface area contributed by atoms with E-state index in [1.165, 1.54) is 0 Å². The van der Waals surface area contributed by atoms with Gasteiger partial charge in [-0.1, -0.05) is 30.3 Å². The third-order valence-corrected chi connectivity index (χ3v) is 3.99. The van der Waals surface area contributed by atoms with E-state index < -0.39 is 10.0 Å². The standard InChI is InChI=1S/C13H22N2O3S.ClH/c1-18-11-10-14-8-9-15-19(16,17)12-7-13-5-3-2-4-6-13;/h2-6,14-15H,7-12H2,1H3;1H. The lowest BCUT2D eigenvalue weighted by molar-refractivity contribution is 0.199. The number of sulfonamides is 1. The van der Waals surface area contributed by atoms with E-state index in [9.17, 15) is 8.42 Å². The Balaban J connectivity index is 0.00000361. The van der Waals surface area contributed by atoms with Crippen LogP contribution in [0.3, 0.4) is 0 Å². The molecule has 0 bridgehead atoms. The molecule has 1 aromatic carbocycles. The minimum absolute atomic E-state index is 0. The summed E-state index contributed by atoms with van der Waals surface area (Å²) in [6.07, 6.45) is 0.535. The van der Waals surface area contributed by atoms with Crippen LogP contribution in [-0.4, -0.2) is 47.5 Å². The molecule has 0 aliphatic rings. The maximum absolute atomic E-state index is 11.7. The van der Waals surface area contributed by atoms with Gasteiger partial charge in [0.2, 0.25) is 10.0 Å². The summed E-state index contributed by atoms with van der Waals surface area (Å²) in [4.78, 5) is 0. The largest absolute Gasteiger partial charge is 0.383 e. The summed E-state index contributed by atoms with van der Waals surface area (Å²) in [6.45, 7) is 2.36. The van der Waals surface area contributed by atoms with E-state index in [0.717, 1.165) is 12.1 Å². The maximum atomic E-state index is 11.7. The first-order valence-electron chi connectivity index (χ1n) is 6.35. The van der Waals surface area contributed by atoms with E-state index in [1.54, 1.807) is 7.11 Å². The summed E-state index contributed by atoms with van der Waals surface area (Å²) < 4.78 is 30.9. The minimum atomic E-state index is -3.19. The van der Waals surface area contributed by atoms with Crippen LogP contribution in [0.2, 0.25) is 0 Å². The van der Waals surface area contributed by atoms with Gasteiger partial charge in [0.25, 0.3) is 0 Å². The van der Waals surface area contributed by atoms with Crippen molar-refractivity contribution in [1.82, 2.24) is 10.0 Å². The minimum Gasteiger partial charge on any atom is -0.383 e. The van der Waals surface area contributed by atoms with Gasteiger partial charge in [0.05, 0.1) is 12.4 Å². The van der Waals surface area contributed by atoms with Gasteiger partial charge >= 0.3 is 0 Å². The molecule has 7 heteroatoms. The first-order valence-corrected chi connectivity index (χ1v) is 8.00. The van der Waals surface area contributed by atoms with Gasteiger partial charge in [-0.15, -0.1) is 12.4 Å². The van der Waals surface area contributed by atoms with Crippen molar-refractivity contribution in [3.63, 3.8) is 0 Å². The van der Waals surface area contributed by atoms with E-state index in [-0.39, 0.29) is 18.2 Å². The molecule has 20 heavy (non-hydrogen) atoms. The Kier molecular flexibility index (Phi) is 10.7. The van der Waals surface area contributed by atoms with Gasteiger partial charge in [0.15, 0.2) is 0 Å². The Morgan fingerprint density at radius 3 is 2.45 bits per heavy atom. The predicted octanol–water partition coefficient (Wildman–Crippen LogP) is 0.806. The fourth-order valence-electron chi connectivity index (χ4n) is 1.56. The Morgan fingerprint density at radius 2 is 1.80 bits per heavy atom. The average Bonchev–Trinajstić information content (AvgIpc) is 2.42. The lowest BCUT2D eigenvalue weighted by Gasteiger charge is -2.07. The number of benzene rings is 1. The summed E-state index contributed by atoms with van der Waals surface area (Å²) in [5.41, 5.74) is 1.03. The molecular weight excluding hydrogens is 300 g/mol. The zero-order chi connectivity index (χ0) is 14.0. The van der Waals surface area contributed by atoms with Crippen LogP contribution in [0.25, 0.3) is 0 Å². The second-order valence-electron chi connectivity index (χ2n) is 4.19. The average molecular weight is 323 g/mol. The van der Waals surface area contributed by atoms with Gasteiger partial charge in [-0.25, -0.2) is 13.1 Å². The number of methoxy groups -OCH3 is 1. The van der Waals surface area contributed by atoms with Crippen molar-refractivity contribution < 1.29 is 13.2 Å². The molecule has 0 atom stereocenters. The van der Waals surface area contributed by atoms with E-state index in [4.69, 9.17) is 4.74 Å². The molecule has 0 heterocycles. The lowest BCUT2D eigenvalue weighted by Crippen LogP contribution is -2.34. The van der Waals surface area contributed by atoms with Crippen molar-refractivity contribution in [1.29, 1.82) is 0 Å². The Morgan fingerprint density at radius 1 is 1.10 bits per heavy atom. The number of ether oxygens (including phenoxy) is 1. The molecular formula is C13H23ClN2O3S. The van der Waals surface area contributed by atoms with Crippen LogP contribution in [-0.2, 0) is 21.2 Å². The Bertz CT molecular complexity index is 440. The van der Waals surface area contributed by atoms with Crippen molar-refractivity contribution in [2.75, 3.05) is 39.1 Å². The monoisotopic (exact) mass is 322 g/mol. The van der Waals surface area contributed by atoms with Crippen LogP contribution in [0, 0.1) is 0 Å². The molecule has 0 aliphatic carbocycles. The molecule has 5 nitrogen and oxygen atoms in total. The van der Waals surface area contributed by atoms with Crippen LogP contribution in [0.15, 0.2) is 30.3 Å². The van der Waals surface area contributed by atoms with Crippen LogP contribution >= 0.6 is 12.4 Å². The number of hydrogen-bond donors (Lipinski definition) is 2. The summed E-state index contributed by atoms with van der Waals surface area (Å²) in [7, 11) is -1.56. The Hall–Kier alpha value is -0.660. The van der Waals surface area contributed by atoms with Gasteiger partial charge in [-0.05, 0) is 12.0 Å². The number of halogens is 1. The first-order chi connectivity index (χ1) is 9.14. The SMILES string of the molecule is COCCNCCNS(=O)(=O)CCc1ccccc1.Cl. The van der Waals surface area contributed by atoms with E-state index in [2.05, 4.69) is 10.0 Å². The molecule has 1 aromatic rings. The van der Waals surface area contributed by atoms with E-state index >= 15 is 0 Å². The zero-order valence-electron chi connectivity index (χ0n) is 11.7. The van der Waals surface area contributed by atoms with Gasteiger partial charge in [-0.3, -0.25) is 0 Å². The molecule has 0 unspecified atom stereocenters. The number of rotatable bonds is 10. The summed E-state index contributed by atoms with van der Waals surface area (Å²) in [5.74, 6) is 0.120. The number of aryl methyl sites for hydroxylation is 1. The molecule has 0 saturated carbocycles. The molecule has 2 N–H and O–H groups in total. The highest BCUT2D eigenvalue weighted by Gasteiger charge is 2.09. The zero-order valence-corrected chi connectivity index (χ0v) is 13.3. The van der Waals surface area contributed by atoms with Crippen LogP contribution in [0.5, 0.6) is 0 Å². The predicted molar refractivity (Wildman–Crippen MR) is 83.9 cm³/mol. The molecule has 0 aliphatic heterocycles. The number of hydrogen-bond acceptors (Lipinski definition) is 4. The first kappa shape index (κ1) is 19.3. The van der Waals surface area contributed by atoms with Crippen molar-refractivity contribution >= 4 is 22.4 Å². The second kappa shape index (κ2) is 11.0. The highest BCUT2D eigenvalue weighted by Crippen LogP contribution is 2.01. The molecule has 0 fully saturated rings. The van der Waals surface area contributed by atoms with Gasteiger partial charge in [0.1, 0.15) is 0 Å². The summed E-state index contributed by atoms with van der Waals surface area (Å²) in [6, 6.07) is 9.61. The molecule has 0 amide bonds. The Labute approximate surface area is 127 Å². The van der Waals surface area contributed by atoms with Gasteiger partial charge in [-0.2, -0.15) is 0 Å². The van der Waals surface area contributed by atoms with Gasteiger partial charge < -0.3 is 10.1 Å². The van der Waals surface area contributed by atoms with Crippen LogP contribution in [0.1, 0.15) is 5.56 Å². The third-order valence-electron chi connectivity index (χ3n) is 2.61. The molecule has 0 spiro atoms. The summed E-state index contributed by atoms with van der Waals surface area (Å²) >= 11 is 0. The van der Waals surface area contributed by atoms with E-state index in [1.807, 2.05) is 30.3 Å². The molecule has 1 rings (SSSR count). The fraction of sp³-hybridized carbons (Fsp3) is 0.538. The van der Waals surface area contributed by atoms with Crippen LogP contribution in [0.4, 0.5) is 0 Å². The van der Waals surface area contributed by atoms with Crippen molar-refractivity contribution in [3.05, 3.63) is 35.9 Å². The third kappa shape index (κ3) is 9.28. The topological polar surface area (TPSA) is 67.4 Å². The lowest BCUT2D eigenvalue weighted by atomic mass is 10.2. The fourth-order valence-corrected chi connectivity index (χ4v) is 2.63. The second-order valence-corrected chi connectivity index (χ2v) is 6.12. The smallest absolute Gasteiger partial charge is 0.211 e. The van der Waals surface area contributed by atoms with Gasteiger partial charge in [0, 0.05) is 26.7 Å². The maximum Gasteiger partial charge on any atom is 0.211 e. The molecule has 116 valence electrons. The normalized spacial score (nSPS) is 11.1.